The van der Waals surface area contributed by atoms with Crippen molar-refractivity contribution in [3.8, 4) is 11.3 Å². The minimum absolute atomic E-state index is 0.0875. The van der Waals surface area contributed by atoms with Crippen LogP contribution in [0.25, 0.3) is 11.3 Å². The Kier molecular flexibility index (Phi) is 5.65. The predicted molar refractivity (Wildman–Crippen MR) is 116 cm³/mol. The normalized spacial score (nSPS) is 12.7. The molecule has 0 saturated carbocycles. The number of Topliss-reactive ketones (excluding diaryl/α,β-unsaturated/α-hetero) is 1. The van der Waals surface area contributed by atoms with E-state index in [4.69, 9.17) is 5.11 Å². The zero-order chi connectivity index (χ0) is 21.8. The van der Waals surface area contributed by atoms with Crippen molar-refractivity contribution < 1.29 is 19.5 Å². The van der Waals surface area contributed by atoms with Gasteiger partial charge in [-0.25, -0.2) is 9.78 Å². The number of benzene rings is 1. The molecule has 0 radical (unpaired) electrons. The second-order valence-electron chi connectivity index (χ2n) is 7.13. The van der Waals surface area contributed by atoms with E-state index in [2.05, 4.69) is 20.6 Å². The number of carbonyl (C=O) groups is 3. The van der Waals surface area contributed by atoms with Gasteiger partial charge in [0.25, 0.3) is 0 Å². The second-order valence-corrected chi connectivity index (χ2v) is 7.13. The molecule has 4 rings (SSSR count). The van der Waals surface area contributed by atoms with Crippen LogP contribution < -0.4 is 16.0 Å². The zero-order valence-corrected chi connectivity index (χ0v) is 16.6. The van der Waals surface area contributed by atoms with Gasteiger partial charge in [-0.2, -0.15) is 0 Å². The number of fused-ring (bicyclic) bond motifs is 1. The van der Waals surface area contributed by atoms with E-state index < -0.39 is 12.0 Å². The van der Waals surface area contributed by atoms with Crippen molar-refractivity contribution in [1.82, 2.24) is 15.3 Å². The highest BCUT2D eigenvalue weighted by molar-refractivity contribution is 6.07. The molecule has 0 bridgehead atoms. The number of aromatic nitrogens is 2. The van der Waals surface area contributed by atoms with Crippen molar-refractivity contribution >= 4 is 35.0 Å². The van der Waals surface area contributed by atoms with Crippen molar-refractivity contribution in [3.05, 3.63) is 59.9 Å². The molecule has 9 nitrogen and oxygen atoms in total. The summed E-state index contributed by atoms with van der Waals surface area (Å²) in [4.78, 5) is 42.7. The van der Waals surface area contributed by atoms with Gasteiger partial charge in [0.2, 0.25) is 5.91 Å². The van der Waals surface area contributed by atoms with Gasteiger partial charge in [0, 0.05) is 29.6 Å². The van der Waals surface area contributed by atoms with Gasteiger partial charge in [-0.1, -0.05) is 18.2 Å². The molecule has 2 amide bonds. The van der Waals surface area contributed by atoms with Crippen molar-refractivity contribution in [2.45, 2.75) is 19.3 Å². The molecule has 0 fully saturated rings. The Hall–Kier alpha value is -4.14. The van der Waals surface area contributed by atoms with Crippen molar-refractivity contribution in [3.63, 3.8) is 0 Å². The number of nitrogens with zero attached hydrogens (tertiary/aromatic N) is 1. The lowest BCUT2D eigenvalue weighted by Gasteiger charge is -2.14. The number of hydrogen-bond acceptors (Lipinski definition) is 5. The van der Waals surface area contributed by atoms with Gasteiger partial charge in [-0.3, -0.25) is 9.59 Å². The van der Waals surface area contributed by atoms with E-state index in [9.17, 15) is 14.4 Å². The lowest BCUT2D eigenvalue weighted by Crippen LogP contribution is -2.31. The molecule has 5 N–H and O–H groups in total. The average molecular weight is 419 g/mol. The summed E-state index contributed by atoms with van der Waals surface area (Å²) >= 11 is 0. The number of para-hydroxylation sites is 1. The molecule has 1 aliphatic carbocycles. The summed E-state index contributed by atoms with van der Waals surface area (Å²) in [6.07, 6.45) is 2.34. The van der Waals surface area contributed by atoms with Crippen molar-refractivity contribution in [1.29, 1.82) is 0 Å². The fourth-order valence-corrected chi connectivity index (χ4v) is 3.60. The molecule has 1 aliphatic rings. The number of rotatable bonds is 6. The highest BCUT2D eigenvalue weighted by atomic mass is 16.4. The van der Waals surface area contributed by atoms with E-state index in [0.717, 1.165) is 35.5 Å². The standard InChI is InChI=1S/C22H21N5O4/c28-16-8-4-7-15-19(16)21(25-14-5-2-1-3-6-14)20(26-15)13-9-10-23-17(11-13)27-18(29)12-24-22(30)31/h1-3,5-6,9-11,24-26H,4,7-8,12H2,(H,30,31)(H,23,27,29). The Balaban J connectivity index is 1.68. The SMILES string of the molecule is O=C(O)NCC(=O)Nc1cc(-c2[nH]c3c(c2Nc2ccccc2)C(=O)CCC3)ccn1. The van der Waals surface area contributed by atoms with Crippen LogP contribution in [0.1, 0.15) is 28.9 Å². The van der Waals surface area contributed by atoms with Gasteiger partial charge < -0.3 is 26.0 Å². The maximum atomic E-state index is 12.7. The number of anilines is 3. The number of ketones is 1. The van der Waals surface area contributed by atoms with Crippen molar-refractivity contribution in [2.24, 2.45) is 0 Å². The monoisotopic (exact) mass is 419 g/mol. The fourth-order valence-electron chi connectivity index (χ4n) is 3.60. The maximum Gasteiger partial charge on any atom is 0.405 e. The van der Waals surface area contributed by atoms with Gasteiger partial charge in [0.1, 0.15) is 12.4 Å². The fraction of sp³-hybridized carbons (Fsp3) is 0.182. The number of aryl methyl sites for hydroxylation is 1. The predicted octanol–water partition coefficient (Wildman–Crippen LogP) is 3.55. The molecule has 0 spiro atoms. The van der Waals surface area contributed by atoms with Gasteiger partial charge >= 0.3 is 6.09 Å². The number of aromatic amines is 1. The van der Waals surface area contributed by atoms with Crippen LogP contribution >= 0.6 is 0 Å². The maximum absolute atomic E-state index is 12.7. The summed E-state index contributed by atoms with van der Waals surface area (Å²) in [6.45, 7) is -0.382. The Labute approximate surface area is 177 Å². The molecule has 0 unspecified atom stereocenters. The van der Waals surface area contributed by atoms with E-state index >= 15 is 0 Å². The number of pyridine rings is 1. The summed E-state index contributed by atoms with van der Waals surface area (Å²) in [5, 5.41) is 16.6. The van der Waals surface area contributed by atoms with Crippen LogP contribution in [0.2, 0.25) is 0 Å². The number of amides is 2. The zero-order valence-electron chi connectivity index (χ0n) is 16.6. The van der Waals surface area contributed by atoms with E-state index in [1.165, 1.54) is 0 Å². The second kappa shape index (κ2) is 8.70. The smallest absolute Gasteiger partial charge is 0.405 e. The average Bonchev–Trinajstić information content (AvgIpc) is 3.13. The summed E-state index contributed by atoms with van der Waals surface area (Å²) < 4.78 is 0. The molecule has 0 saturated heterocycles. The van der Waals surface area contributed by atoms with Crippen LogP contribution in [-0.2, 0) is 11.2 Å². The van der Waals surface area contributed by atoms with Gasteiger partial charge in [-0.15, -0.1) is 0 Å². The molecule has 0 atom stereocenters. The summed E-state index contributed by atoms with van der Waals surface area (Å²) in [6, 6.07) is 13.0. The minimum Gasteiger partial charge on any atom is -0.465 e. The number of H-pyrrole nitrogens is 1. The van der Waals surface area contributed by atoms with Crippen LogP contribution in [0.15, 0.2) is 48.7 Å². The molecule has 0 aliphatic heterocycles. The number of hydrogen-bond donors (Lipinski definition) is 5. The van der Waals surface area contributed by atoms with E-state index in [1.807, 2.05) is 35.6 Å². The van der Waals surface area contributed by atoms with Gasteiger partial charge in [0.15, 0.2) is 5.78 Å². The molecule has 158 valence electrons. The highest BCUT2D eigenvalue weighted by Crippen LogP contribution is 2.39. The van der Waals surface area contributed by atoms with Crippen LogP contribution in [0.5, 0.6) is 0 Å². The molecular weight excluding hydrogens is 398 g/mol. The molecule has 2 aromatic heterocycles. The van der Waals surface area contributed by atoms with E-state index in [-0.39, 0.29) is 18.1 Å². The quantitative estimate of drug-likeness (QED) is 0.415. The third-order valence-corrected chi connectivity index (χ3v) is 4.95. The summed E-state index contributed by atoms with van der Waals surface area (Å²) in [5.41, 5.74) is 4.56. The van der Waals surface area contributed by atoms with Crippen LogP contribution in [0.4, 0.5) is 22.0 Å². The Morgan fingerprint density at radius 2 is 1.94 bits per heavy atom. The third-order valence-electron chi connectivity index (χ3n) is 4.95. The first-order chi connectivity index (χ1) is 15.0. The summed E-state index contributed by atoms with van der Waals surface area (Å²) in [7, 11) is 0. The van der Waals surface area contributed by atoms with E-state index in [1.54, 1.807) is 18.3 Å². The highest BCUT2D eigenvalue weighted by Gasteiger charge is 2.27. The Morgan fingerprint density at radius 3 is 2.71 bits per heavy atom. The summed E-state index contributed by atoms with van der Waals surface area (Å²) in [5.74, 6) is -0.167. The first kappa shape index (κ1) is 20.1. The minimum atomic E-state index is -1.28. The molecule has 1 aromatic carbocycles. The molecule has 9 heteroatoms. The Morgan fingerprint density at radius 1 is 1.13 bits per heavy atom. The molecule has 2 heterocycles. The largest absolute Gasteiger partial charge is 0.465 e. The molecular formula is C22H21N5O4. The number of carboxylic acid groups (broad SMARTS) is 1. The van der Waals surface area contributed by atoms with Gasteiger partial charge in [-0.05, 0) is 37.1 Å². The van der Waals surface area contributed by atoms with Crippen LogP contribution in [-0.4, -0.2) is 39.4 Å². The lowest BCUT2D eigenvalue weighted by atomic mass is 9.95. The van der Waals surface area contributed by atoms with E-state index in [0.29, 0.717) is 17.7 Å². The first-order valence-corrected chi connectivity index (χ1v) is 9.84. The third kappa shape index (κ3) is 4.55. The van der Waals surface area contributed by atoms with Crippen LogP contribution in [0, 0.1) is 0 Å². The first-order valence-electron chi connectivity index (χ1n) is 9.84. The van der Waals surface area contributed by atoms with Crippen molar-refractivity contribution in [2.75, 3.05) is 17.2 Å². The molecule has 31 heavy (non-hydrogen) atoms. The topological polar surface area (TPSA) is 136 Å². The number of nitrogens with one attached hydrogen (secondary N) is 4. The Bertz CT molecular complexity index is 1140. The lowest BCUT2D eigenvalue weighted by molar-refractivity contribution is -0.115. The number of carbonyl (C=O) groups excluding carboxylic acids is 2. The molecule has 3 aromatic rings. The van der Waals surface area contributed by atoms with Crippen LogP contribution in [0.3, 0.4) is 0 Å². The van der Waals surface area contributed by atoms with Gasteiger partial charge in [0.05, 0.1) is 16.9 Å².